The minimum absolute atomic E-state index is 0.259. The topological polar surface area (TPSA) is 92.4 Å². The second-order valence-electron chi connectivity index (χ2n) is 3.07. The SMILES string of the molecule is CC[C@@H](NC(=O)c1cnoc1C)C(=O)O. The molecule has 0 saturated heterocycles. The number of carbonyl (C=O) groups is 2. The van der Waals surface area contributed by atoms with Crippen LogP contribution in [-0.4, -0.2) is 28.2 Å². The van der Waals surface area contributed by atoms with Crippen LogP contribution in [0.25, 0.3) is 0 Å². The van der Waals surface area contributed by atoms with Crippen molar-refractivity contribution in [2.75, 3.05) is 0 Å². The van der Waals surface area contributed by atoms with E-state index in [1.54, 1.807) is 13.8 Å². The first-order chi connectivity index (χ1) is 7.06. The minimum Gasteiger partial charge on any atom is -0.480 e. The summed E-state index contributed by atoms with van der Waals surface area (Å²) in [5, 5.41) is 14.5. The predicted octanol–water partition coefficient (Wildman–Crippen LogP) is 0.576. The summed E-state index contributed by atoms with van der Waals surface area (Å²) in [7, 11) is 0. The quantitative estimate of drug-likeness (QED) is 0.761. The molecule has 0 aliphatic heterocycles. The third-order valence-electron chi connectivity index (χ3n) is 2.01. The summed E-state index contributed by atoms with van der Waals surface area (Å²) in [5.74, 6) is -1.17. The Morgan fingerprint density at radius 3 is 2.73 bits per heavy atom. The predicted molar refractivity (Wildman–Crippen MR) is 50.4 cm³/mol. The first-order valence-electron chi connectivity index (χ1n) is 4.51. The van der Waals surface area contributed by atoms with E-state index in [1.807, 2.05) is 0 Å². The van der Waals surface area contributed by atoms with Gasteiger partial charge in [0.2, 0.25) is 0 Å². The van der Waals surface area contributed by atoms with Gasteiger partial charge in [-0.2, -0.15) is 0 Å². The van der Waals surface area contributed by atoms with Gasteiger partial charge in [0.15, 0.2) is 0 Å². The highest BCUT2D eigenvalue weighted by atomic mass is 16.5. The number of amides is 1. The highest BCUT2D eigenvalue weighted by Gasteiger charge is 2.20. The highest BCUT2D eigenvalue weighted by Crippen LogP contribution is 2.06. The van der Waals surface area contributed by atoms with Gasteiger partial charge in [0, 0.05) is 0 Å². The number of hydrogen-bond acceptors (Lipinski definition) is 4. The van der Waals surface area contributed by atoms with Crippen LogP contribution in [0.15, 0.2) is 10.7 Å². The summed E-state index contributed by atoms with van der Waals surface area (Å²) in [6.07, 6.45) is 1.59. The zero-order valence-corrected chi connectivity index (χ0v) is 8.48. The van der Waals surface area contributed by atoms with Gasteiger partial charge in [0.1, 0.15) is 17.4 Å². The van der Waals surface area contributed by atoms with E-state index in [0.717, 1.165) is 0 Å². The Balaban J connectivity index is 2.71. The standard InChI is InChI=1S/C9H12N2O4/c1-3-7(9(13)14)11-8(12)6-4-10-15-5(6)2/h4,7H,3H2,1-2H3,(H,11,12)(H,13,14)/t7-/m1/s1. The van der Waals surface area contributed by atoms with Crippen LogP contribution in [0.3, 0.4) is 0 Å². The average molecular weight is 212 g/mol. The number of nitrogens with one attached hydrogen (secondary N) is 1. The number of carboxylic acid groups (broad SMARTS) is 1. The molecule has 1 rings (SSSR count). The van der Waals surface area contributed by atoms with Gasteiger partial charge in [-0.05, 0) is 13.3 Å². The van der Waals surface area contributed by atoms with Crippen molar-refractivity contribution in [3.05, 3.63) is 17.5 Å². The van der Waals surface area contributed by atoms with E-state index in [2.05, 4.69) is 10.5 Å². The van der Waals surface area contributed by atoms with Gasteiger partial charge >= 0.3 is 5.97 Å². The van der Waals surface area contributed by atoms with Crippen molar-refractivity contribution >= 4 is 11.9 Å². The van der Waals surface area contributed by atoms with E-state index in [4.69, 9.17) is 9.63 Å². The molecule has 1 aromatic rings. The molecule has 0 saturated carbocycles. The van der Waals surface area contributed by atoms with E-state index in [0.29, 0.717) is 12.2 Å². The van der Waals surface area contributed by atoms with Crippen molar-refractivity contribution in [1.29, 1.82) is 0 Å². The zero-order valence-electron chi connectivity index (χ0n) is 8.48. The van der Waals surface area contributed by atoms with E-state index < -0.39 is 17.9 Å². The van der Waals surface area contributed by atoms with Crippen LogP contribution in [0.2, 0.25) is 0 Å². The van der Waals surface area contributed by atoms with Crippen LogP contribution in [0.1, 0.15) is 29.5 Å². The lowest BCUT2D eigenvalue weighted by atomic mass is 10.2. The van der Waals surface area contributed by atoms with Crippen LogP contribution < -0.4 is 5.32 Å². The van der Waals surface area contributed by atoms with Gasteiger partial charge in [-0.25, -0.2) is 4.79 Å². The molecule has 0 fully saturated rings. The summed E-state index contributed by atoms with van der Waals surface area (Å²) in [6.45, 7) is 3.27. The number of rotatable bonds is 4. The summed E-state index contributed by atoms with van der Waals surface area (Å²) in [5.41, 5.74) is 0.259. The molecule has 15 heavy (non-hydrogen) atoms. The molecular formula is C9H12N2O4. The Labute approximate surface area is 86.3 Å². The molecule has 0 aliphatic rings. The van der Waals surface area contributed by atoms with Crippen LogP contribution in [-0.2, 0) is 4.79 Å². The molecule has 1 heterocycles. The smallest absolute Gasteiger partial charge is 0.326 e. The van der Waals surface area contributed by atoms with Crippen LogP contribution in [0, 0.1) is 6.92 Å². The normalized spacial score (nSPS) is 12.1. The van der Waals surface area contributed by atoms with Gasteiger partial charge in [0.25, 0.3) is 5.91 Å². The highest BCUT2D eigenvalue weighted by molar-refractivity contribution is 5.97. The molecule has 0 unspecified atom stereocenters. The Bertz CT molecular complexity index is 372. The lowest BCUT2D eigenvalue weighted by Crippen LogP contribution is -2.40. The number of aryl methyl sites for hydroxylation is 1. The molecule has 0 bridgehead atoms. The first-order valence-corrected chi connectivity index (χ1v) is 4.51. The van der Waals surface area contributed by atoms with Crippen molar-refractivity contribution in [3.8, 4) is 0 Å². The number of hydrogen-bond donors (Lipinski definition) is 2. The van der Waals surface area contributed by atoms with Crippen molar-refractivity contribution in [2.45, 2.75) is 26.3 Å². The average Bonchev–Trinajstić information content (AvgIpc) is 2.60. The minimum atomic E-state index is -1.06. The van der Waals surface area contributed by atoms with Gasteiger partial charge in [0.05, 0.1) is 6.20 Å². The molecule has 6 nitrogen and oxygen atoms in total. The van der Waals surface area contributed by atoms with Crippen molar-refractivity contribution in [1.82, 2.24) is 10.5 Å². The lowest BCUT2D eigenvalue weighted by molar-refractivity contribution is -0.139. The molecule has 1 amide bonds. The maximum absolute atomic E-state index is 11.5. The molecule has 0 spiro atoms. The molecule has 2 N–H and O–H groups in total. The fourth-order valence-corrected chi connectivity index (χ4v) is 1.09. The fourth-order valence-electron chi connectivity index (χ4n) is 1.09. The summed E-state index contributed by atoms with van der Waals surface area (Å²) in [6, 6.07) is -0.883. The van der Waals surface area contributed by atoms with Gasteiger partial charge in [-0.3, -0.25) is 4.79 Å². The molecular weight excluding hydrogens is 200 g/mol. The summed E-state index contributed by atoms with van der Waals surface area (Å²) in [4.78, 5) is 22.2. The number of carbonyl (C=O) groups excluding carboxylic acids is 1. The van der Waals surface area contributed by atoms with Crippen molar-refractivity contribution in [2.24, 2.45) is 0 Å². The van der Waals surface area contributed by atoms with E-state index in [-0.39, 0.29) is 5.56 Å². The molecule has 6 heteroatoms. The maximum Gasteiger partial charge on any atom is 0.326 e. The van der Waals surface area contributed by atoms with Gasteiger partial charge in [-0.15, -0.1) is 0 Å². The monoisotopic (exact) mass is 212 g/mol. The van der Waals surface area contributed by atoms with E-state index in [9.17, 15) is 9.59 Å². The number of carboxylic acids is 1. The second kappa shape index (κ2) is 4.59. The lowest BCUT2D eigenvalue weighted by Gasteiger charge is -2.10. The molecule has 1 aromatic heterocycles. The molecule has 1 atom stereocenters. The van der Waals surface area contributed by atoms with Crippen LogP contribution in [0.4, 0.5) is 0 Å². The number of aromatic nitrogens is 1. The van der Waals surface area contributed by atoms with Crippen LogP contribution >= 0.6 is 0 Å². The zero-order chi connectivity index (χ0) is 11.4. The third-order valence-corrected chi connectivity index (χ3v) is 2.01. The molecule has 0 aromatic carbocycles. The molecule has 0 aliphatic carbocycles. The Kier molecular flexibility index (Phi) is 3.43. The second-order valence-corrected chi connectivity index (χ2v) is 3.07. The van der Waals surface area contributed by atoms with E-state index >= 15 is 0 Å². The van der Waals surface area contributed by atoms with Crippen LogP contribution in [0.5, 0.6) is 0 Å². The Morgan fingerprint density at radius 1 is 1.67 bits per heavy atom. The largest absolute Gasteiger partial charge is 0.480 e. The third kappa shape index (κ3) is 2.55. The van der Waals surface area contributed by atoms with Gasteiger partial charge < -0.3 is 14.9 Å². The number of aliphatic carboxylic acids is 1. The Morgan fingerprint density at radius 2 is 2.33 bits per heavy atom. The first kappa shape index (κ1) is 11.2. The fraction of sp³-hybridized carbons (Fsp3) is 0.444. The molecule has 82 valence electrons. The van der Waals surface area contributed by atoms with E-state index in [1.165, 1.54) is 6.20 Å². The summed E-state index contributed by atoms with van der Waals surface area (Å²) < 4.78 is 4.70. The Hall–Kier alpha value is -1.85. The van der Waals surface area contributed by atoms with Gasteiger partial charge in [-0.1, -0.05) is 12.1 Å². The maximum atomic E-state index is 11.5. The summed E-state index contributed by atoms with van der Waals surface area (Å²) >= 11 is 0. The van der Waals surface area contributed by atoms with Crippen molar-refractivity contribution < 1.29 is 19.2 Å². The van der Waals surface area contributed by atoms with Crippen molar-refractivity contribution in [3.63, 3.8) is 0 Å². The number of nitrogens with zero attached hydrogens (tertiary/aromatic N) is 1. The molecule has 0 radical (unpaired) electrons.